The quantitative estimate of drug-likeness (QED) is 0.800. The third kappa shape index (κ3) is 2.59. The molecule has 0 radical (unpaired) electrons. The number of para-hydroxylation sites is 1. The zero-order valence-corrected chi connectivity index (χ0v) is 10.9. The predicted octanol–water partition coefficient (Wildman–Crippen LogP) is 4.63. The number of hydrogen-bond acceptors (Lipinski definition) is 2. The number of hydroxylamine groups is 1. The van der Waals surface area contributed by atoms with Crippen LogP contribution in [-0.2, 0) is 4.84 Å². The van der Waals surface area contributed by atoms with Crippen molar-refractivity contribution in [1.29, 1.82) is 0 Å². The maximum atomic E-state index is 13.2. The average molecular weight is 291 g/mol. The van der Waals surface area contributed by atoms with Crippen LogP contribution in [-0.4, -0.2) is 6.18 Å². The van der Waals surface area contributed by atoms with E-state index in [2.05, 4.69) is 0 Å². The molecule has 108 valence electrons. The predicted molar refractivity (Wildman–Crippen MR) is 73.3 cm³/mol. The summed E-state index contributed by atoms with van der Waals surface area (Å²) >= 11 is 0. The minimum Gasteiger partial charge on any atom is -0.386 e. The molecule has 3 rings (SSSR count). The van der Waals surface area contributed by atoms with Gasteiger partial charge in [-0.05, 0) is 17.7 Å². The fraction of sp³-hybridized carbons (Fsp3) is 0.125. The highest BCUT2D eigenvalue weighted by Crippen LogP contribution is 2.44. The molecule has 0 aromatic heterocycles. The SMILES string of the molecule is FC(F)(F)C1=CON(c2ccccc2)C1c1ccccc1. The standard InChI is InChI=1S/C16H12F3NO/c17-16(18,19)14-11-21-20(13-9-5-2-6-10-13)15(14)12-7-3-1-4-8-12/h1-11,15H. The first-order valence-electron chi connectivity index (χ1n) is 6.40. The maximum absolute atomic E-state index is 13.2. The van der Waals surface area contributed by atoms with E-state index in [-0.39, 0.29) is 0 Å². The first kappa shape index (κ1) is 13.5. The van der Waals surface area contributed by atoms with E-state index in [1.54, 1.807) is 60.7 Å². The van der Waals surface area contributed by atoms with Gasteiger partial charge >= 0.3 is 6.18 Å². The molecule has 2 aromatic rings. The van der Waals surface area contributed by atoms with Gasteiger partial charge < -0.3 is 4.84 Å². The van der Waals surface area contributed by atoms with Crippen LogP contribution in [0.2, 0.25) is 0 Å². The second-order valence-corrected chi connectivity index (χ2v) is 4.65. The van der Waals surface area contributed by atoms with E-state index in [0.717, 1.165) is 6.26 Å². The molecule has 0 N–H and O–H groups in total. The number of alkyl halides is 3. The van der Waals surface area contributed by atoms with Gasteiger partial charge in [0.1, 0.15) is 17.9 Å². The summed E-state index contributed by atoms with van der Waals surface area (Å²) in [5.74, 6) is 0. The molecule has 1 heterocycles. The van der Waals surface area contributed by atoms with E-state index < -0.39 is 17.8 Å². The van der Waals surface area contributed by atoms with Gasteiger partial charge in [0.25, 0.3) is 0 Å². The van der Waals surface area contributed by atoms with Gasteiger partial charge in [-0.25, -0.2) is 0 Å². The molecule has 1 atom stereocenters. The van der Waals surface area contributed by atoms with Crippen LogP contribution in [0.25, 0.3) is 0 Å². The Morgan fingerprint density at radius 3 is 2.00 bits per heavy atom. The summed E-state index contributed by atoms with van der Waals surface area (Å²) < 4.78 is 39.6. The Morgan fingerprint density at radius 1 is 0.857 bits per heavy atom. The summed E-state index contributed by atoms with van der Waals surface area (Å²) in [5.41, 5.74) is 0.391. The van der Waals surface area contributed by atoms with Gasteiger partial charge in [-0.3, -0.25) is 0 Å². The zero-order valence-electron chi connectivity index (χ0n) is 10.9. The average Bonchev–Trinajstić information content (AvgIpc) is 2.94. The molecule has 1 unspecified atom stereocenters. The molecule has 0 bridgehead atoms. The Hall–Kier alpha value is -2.43. The van der Waals surface area contributed by atoms with E-state index in [0.29, 0.717) is 11.3 Å². The van der Waals surface area contributed by atoms with Crippen LogP contribution in [0.5, 0.6) is 0 Å². The van der Waals surface area contributed by atoms with Crippen molar-refractivity contribution >= 4 is 5.69 Å². The number of halogens is 3. The van der Waals surface area contributed by atoms with Crippen molar-refractivity contribution in [3.63, 3.8) is 0 Å². The number of benzene rings is 2. The van der Waals surface area contributed by atoms with Gasteiger partial charge in [0.05, 0.1) is 5.69 Å². The van der Waals surface area contributed by atoms with Crippen LogP contribution >= 0.6 is 0 Å². The van der Waals surface area contributed by atoms with E-state index in [1.807, 2.05) is 0 Å². The molecular formula is C16H12F3NO. The minimum absolute atomic E-state index is 0.530. The molecule has 1 aliphatic heterocycles. The Kier molecular flexibility index (Phi) is 3.33. The first-order chi connectivity index (χ1) is 10.1. The van der Waals surface area contributed by atoms with Crippen molar-refractivity contribution in [3.05, 3.63) is 78.1 Å². The maximum Gasteiger partial charge on any atom is 0.418 e. The third-order valence-electron chi connectivity index (χ3n) is 3.28. The Morgan fingerprint density at radius 2 is 1.43 bits per heavy atom. The lowest BCUT2D eigenvalue weighted by atomic mass is 9.99. The molecule has 1 aliphatic rings. The van der Waals surface area contributed by atoms with Crippen molar-refractivity contribution in [2.75, 3.05) is 5.06 Å². The summed E-state index contributed by atoms with van der Waals surface area (Å²) in [6, 6.07) is 16.2. The number of anilines is 1. The summed E-state index contributed by atoms with van der Waals surface area (Å²) in [7, 11) is 0. The topological polar surface area (TPSA) is 12.5 Å². The van der Waals surface area contributed by atoms with Gasteiger partial charge in [0.2, 0.25) is 0 Å². The summed E-state index contributed by atoms with van der Waals surface area (Å²) in [5, 5.41) is 1.28. The van der Waals surface area contributed by atoms with E-state index in [9.17, 15) is 13.2 Å². The van der Waals surface area contributed by atoms with Crippen LogP contribution in [0.15, 0.2) is 72.5 Å². The van der Waals surface area contributed by atoms with Crippen LogP contribution in [0.4, 0.5) is 18.9 Å². The fourth-order valence-corrected chi connectivity index (χ4v) is 2.32. The zero-order chi connectivity index (χ0) is 14.9. The summed E-state index contributed by atoms with van der Waals surface area (Å²) in [6.07, 6.45) is -3.66. The molecule has 2 aromatic carbocycles. The molecular weight excluding hydrogens is 279 g/mol. The van der Waals surface area contributed by atoms with Gasteiger partial charge in [-0.15, -0.1) is 0 Å². The summed E-state index contributed by atoms with van der Waals surface area (Å²) in [6.45, 7) is 0. The van der Waals surface area contributed by atoms with E-state index in [4.69, 9.17) is 4.84 Å². The van der Waals surface area contributed by atoms with Crippen molar-refractivity contribution in [2.24, 2.45) is 0 Å². The Balaban J connectivity index is 2.04. The van der Waals surface area contributed by atoms with Crippen LogP contribution < -0.4 is 5.06 Å². The lowest BCUT2D eigenvalue weighted by Crippen LogP contribution is -2.27. The smallest absolute Gasteiger partial charge is 0.386 e. The van der Waals surface area contributed by atoms with Crippen molar-refractivity contribution < 1.29 is 18.0 Å². The highest BCUT2D eigenvalue weighted by Gasteiger charge is 2.46. The van der Waals surface area contributed by atoms with Crippen LogP contribution in [0.3, 0.4) is 0 Å². The van der Waals surface area contributed by atoms with Crippen molar-refractivity contribution in [3.8, 4) is 0 Å². The molecule has 2 nitrogen and oxygen atoms in total. The first-order valence-corrected chi connectivity index (χ1v) is 6.40. The van der Waals surface area contributed by atoms with Gasteiger partial charge in [-0.2, -0.15) is 18.2 Å². The second-order valence-electron chi connectivity index (χ2n) is 4.65. The molecule has 0 spiro atoms. The van der Waals surface area contributed by atoms with Gasteiger partial charge in [0, 0.05) is 0 Å². The number of rotatable bonds is 2. The molecule has 0 fully saturated rings. The summed E-state index contributed by atoms with van der Waals surface area (Å²) in [4.78, 5) is 5.20. The molecule has 0 saturated carbocycles. The van der Waals surface area contributed by atoms with Gasteiger partial charge in [0.15, 0.2) is 0 Å². The Bertz CT molecular complexity index is 638. The number of nitrogens with zero attached hydrogens (tertiary/aromatic N) is 1. The normalized spacial score (nSPS) is 18.3. The van der Waals surface area contributed by atoms with Crippen molar-refractivity contribution in [2.45, 2.75) is 12.2 Å². The van der Waals surface area contributed by atoms with Crippen LogP contribution in [0, 0.1) is 0 Å². The fourth-order valence-electron chi connectivity index (χ4n) is 2.32. The lowest BCUT2D eigenvalue weighted by molar-refractivity contribution is -0.0948. The van der Waals surface area contributed by atoms with Crippen LogP contribution in [0.1, 0.15) is 11.6 Å². The third-order valence-corrected chi connectivity index (χ3v) is 3.28. The largest absolute Gasteiger partial charge is 0.418 e. The minimum atomic E-state index is -4.44. The highest BCUT2D eigenvalue weighted by molar-refractivity contribution is 5.51. The molecule has 0 saturated heterocycles. The molecule has 21 heavy (non-hydrogen) atoms. The van der Waals surface area contributed by atoms with Crippen molar-refractivity contribution in [1.82, 2.24) is 0 Å². The molecule has 5 heteroatoms. The Labute approximate surface area is 120 Å². The van der Waals surface area contributed by atoms with E-state index in [1.165, 1.54) is 5.06 Å². The molecule has 0 aliphatic carbocycles. The number of hydrogen-bond donors (Lipinski definition) is 0. The highest BCUT2D eigenvalue weighted by atomic mass is 19.4. The second kappa shape index (κ2) is 5.16. The molecule has 0 amide bonds. The lowest BCUT2D eigenvalue weighted by Gasteiger charge is -2.27. The van der Waals surface area contributed by atoms with E-state index >= 15 is 0 Å². The monoisotopic (exact) mass is 291 g/mol. The van der Waals surface area contributed by atoms with Gasteiger partial charge in [-0.1, -0.05) is 48.5 Å².